The molecule has 0 saturated carbocycles. The Labute approximate surface area is 109 Å². The van der Waals surface area contributed by atoms with Gasteiger partial charge in [0.15, 0.2) is 11.5 Å². The van der Waals surface area contributed by atoms with E-state index in [1.165, 1.54) is 23.7 Å². The van der Waals surface area contributed by atoms with E-state index in [0.717, 1.165) is 5.56 Å². The molecule has 5 nitrogen and oxygen atoms in total. The van der Waals surface area contributed by atoms with Crippen molar-refractivity contribution in [1.82, 2.24) is 9.97 Å². The third-order valence-electron chi connectivity index (χ3n) is 2.55. The smallest absolute Gasteiger partial charge is 0.182 e. The number of nitrogens with zero attached hydrogens (tertiary/aromatic N) is 3. The van der Waals surface area contributed by atoms with Crippen LogP contribution in [0.2, 0.25) is 0 Å². The zero-order chi connectivity index (χ0) is 13.0. The van der Waals surface area contributed by atoms with E-state index < -0.39 is 5.60 Å². The maximum Gasteiger partial charge on any atom is 0.182 e. The largest absolute Gasteiger partial charge is 0.384 e. The molecule has 0 radical (unpaired) electrons. The predicted octanol–water partition coefficient (Wildman–Crippen LogP) is 1.73. The van der Waals surface area contributed by atoms with E-state index in [0.29, 0.717) is 5.82 Å². The van der Waals surface area contributed by atoms with Crippen LogP contribution in [0.25, 0.3) is 0 Å². The number of aromatic nitrogens is 2. The van der Waals surface area contributed by atoms with Crippen molar-refractivity contribution >= 4 is 17.2 Å². The Morgan fingerprint density at radius 3 is 2.94 bits per heavy atom. The first-order valence-electron chi connectivity index (χ1n) is 5.33. The summed E-state index contributed by atoms with van der Waals surface area (Å²) in [6.45, 7) is 1.97. The van der Waals surface area contributed by atoms with Crippen molar-refractivity contribution in [2.75, 3.05) is 11.9 Å². The Hall–Kier alpha value is -1.97. The molecule has 2 N–H and O–H groups in total. The Morgan fingerprint density at radius 1 is 1.50 bits per heavy atom. The first-order chi connectivity index (χ1) is 8.63. The minimum absolute atomic E-state index is 0.221. The first-order valence-corrected chi connectivity index (χ1v) is 6.28. The molecule has 92 valence electrons. The van der Waals surface area contributed by atoms with Crippen molar-refractivity contribution in [2.45, 2.75) is 12.5 Å². The summed E-state index contributed by atoms with van der Waals surface area (Å²) in [5.74, 6) is 0.385. The number of rotatable bonds is 4. The van der Waals surface area contributed by atoms with Gasteiger partial charge in [-0.3, -0.25) is 0 Å². The first kappa shape index (κ1) is 12.5. The highest BCUT2D eigenvalue weighted by Gasteiger charge is 2.23. The van der Waals surface area contributed by atoms with Gasteiger partial charge in [0.05, 0.1) is 0 Å². The highest BCUT2D eigenvalue weighted by molar-refractivity contribution is 7.08. The van der Waals surface area contributed by atoms with E-state index in [2.05, 4.69) is 15.3 Å². The van der Waals surface area contributed by atoms with Gasteiger partial charge in [0.25, 0.3) is 0 Å². The van der Waals surface area contributed by atoms with Gasteiger partial charge >= 0.3 is 0 Å². The van der Waals surface area contributed by atoms with Crippen molar-refractivity contribution in [3.63, 3.8) is 0 Å². The minimum atomic E-state index is -1.01. The van der Waals surface area contributed by atoms with E-state index in [9.17, 15) is 5.11 Å². The molecule has 0 saturated heterocycles. The van der Waals surface area contributed by atoms with Gasteiger partial charge in [-0.05, 0) is 29.3 Å². The predicted molar refractivity (Wildman–Crippen MR) is 69.1 cm³/mol. The maximum absolute atomic E-state index is 10.3. The van der Waals surface area contributed by atoms with Crippen LogP contribution in [0.3, 0.4) is 0 Å². The van der Waals surface area contributed by atoms with Gasteiger partial charge in [0.2, 0.25) is 0 Å². The number of nitrogens with one attached hydrogen (secondary N) is 1. The fourth-order valence-corrected chi connectivity index (χ4v) is 2.26. The molecule has 0 spiro atoms. The molecular formula is C12H12N4OS. The number of aliphatic hydroxyl groups is 1. The molecule has 18 heavy (non-hydrogen) atoms. The van der Waals surface area contributed by atoms with Crippen molar-refractivity contribution in [3.05, 3.63) is 40.5 Å². The molecule has 2 rings (SSSR count). The summed E-state index contributed by atoms with van der Waals surface area (Å²) in [6.07, 6.45) is 2.96. The topological polar surface area (TPSA) is 81.8 Å². The molecule has 0 aromatic carbocycles. The molecule has 2 aromatic heterocycles. The van der Waals surface area contributed by atoms with Gasteiger partial charge in [0.1, 0.15) is 11.7 Å². The van der Waals surface area contributed by atoms with Crippen LogP contribution in [0.15, 0.2) is 29.2 Å². The lowest BCUT2D eigenvalue weighted by Crippen LogP contribution is -2.30. The number of hydrogen-bond donors (Lipinski definition) is 2. The van der Waals surface area contributed by atoms with Crippen molar-refractivity contribution in [2.24, 2.45) is 0 Å². The Bertz CT molecular complexity index is 560. The fourth-order valence-electron chi connectivity index (χ4n) is 1.48. The second kappa shape index (κ2) is 5.12. The van der Waals surface area contributed by atoms with Gasteiger partial charge < -0.3 is 10.4 Å². The Kier molecular flexibility index (Phi) is 3.55. The van der Waals surface area contributed by atoms with Crippen LogP contribution in [0.5, 0.6) is 0 Å². The molecule has 1 atom stereocenters. The molecule has 0 fully saturated rings. The molecule has 0 aliphatic carbocycles. The van der Waals surface area contributed by atoms with E-state index in [-0.39, 0.29) is 12.2 Å². The fraction of sp³-hybridized carbons (Fsp3) is 0.250. The van der Waals surface area contributed by atoms with E-state index in [1.807, 2.05) is 22.9 Å². The van der Waals surface area contributed by atoms with Crippen LogP contribution < -0.4 is 5.32 Å². The van der Waals surface area contributed by atoms with Crippen LogP contribution in [-0.4, -0.2) is 21.6 Å². The number of hydrogen-bond acceptors (Lipinski definition) is 6. The molecule has 0 amide bonds. The average molecular weight is 260 g/mol. The average Bonchev–Trinajstić information content (AvgIpc) is 2.91. The molecule has 2 heterocycles. The molecule has 0 aliphatic heterocycles. The van der Waals surface area contributed by atoms with Gasteiger partial charge in [0, 0.05) is 18.9 Å². The zero-order valence-electron chi connectivity index (χ0n) is 9.79. The third kappa shape index (κ3) is 2.64. The maximum atomic E-state index is 10.3. The van der Waals surface area contributed by atoms with Crippen LogP contribution in [0.4, 0.5) is 5.82 Å². The lowest BCUT2D eigenvalue weighted by molar-refractivity contribution is 0.0719. The van der Waals surface area contributed by atoms with Crippen LogP contribution >= 0.6 is 11.3 Å². The van der Waals surface area contributed by atoms with E-state index in [4.69, 9.17) is 5.26 Å². The second-order valence-electron chi connectivity index (χ2n) is 4.00. The van der Waals surface area contributed by atoms with Crippen LogP contribution in [0.1, 0.15) is 18.2 Å². The second-order valence-corrected chi connectivity index (χ2v) is 4.78. The monoisotopic (exact) mass is 260 g/mol. The third-order valence-corrected chi connectivity index (χ3v) is 3.23. The lowest BCUT2D eigenvalue weighted by Gasteiger charge is -2.23. The summed E-state index contributed by atoms with van der Waals surface area (Å²) in [5.41, 5.74) is 0.0468. The highest BCUT2D eigenvalue weighted by atomic mass is 32.1. The number of thiophene rings is 1. The zero-order valence-corrected chi connectivity index (χ0v) is 10.6. The summed E-state index contributed by atoms with van der Waals surface area (Å²) in [5, 5.41) is 25.9. The van der Waals surface area contributed by atoms with Crippen molar-refractivity contribution in [3.8, 4) is 6.07 Å². The normalized spacial score (nSPS) is 13.6. The molecule has 2 aromatic rings. The van der Waals surface area contributed by atoms with Gasteiger partial charge in [-0.1, -0.05) is 0 Å². The van der Waals surface area contributed by atoms with Crippen molar-refractivity contribution in [1.29, 1.82) is 5.26 Å². The summed E-state index contributed by atoms with van der Waals surface area (Å²) in [6, 6.07) is 3.82. The number of nitriles is 1. The standard InChI is InChI=1S/C12H12N4OS/c1-12(17,9-2-5-18-7-9)8-16-11-10(6-13)14-3-4-15-11/h2-5,7,17H,8H2,1H3,(H,15,16). The summed E-state index contributed by atoms with van der Waals surface area (Å²) >= 11 is 1.53. The summed E-state index contributed by atoms with van der Waals surface area (Å²) in [4.78, 5) is 7.92. The molecule has 0 bridgehead atoms. The van der Waals surface area contributed by atoms with Gasteiger partial charge in [-0.2, -0.15) is 16.6 Å². The Morgan fingerprint density at radius 2 is 2.28 bits per heavy atom. The van der Waals surface area contributed by atoms with Crippen molar-refractivity contribution < 1.29 is 5.11 Å². The molecule has 1 unspecified atom stereocenters. The van der Waals surface area contributed by atoms with Crippen LogP contribution in [-0.2, 0) is 5.60 Å². The van der Waals surface area contributed by atoms with E-state index in [1.54, 1.807) is 6.92 Å². The van der Waals surface area contributed by atoms with E-state index >= 15 is 0 Å². The SMILES string of the molecule is CC(O)(CNc1nccnc1C#N)c1ccsc1. The quantitative estimate of drug-likeness (QED) is 0.874. The summed E-state index contributed by atoms with van der Waals surface area (Å²) < 4.78 is 0. The number of anilines is 1. The molecule has 6 heteroatoms. The van der Waals surface area contributed by atoms with Gasteiger partial charge in [-0.25, -0.2) is 9.97 Å². The minimum Gasteiger partial charge on any atom is -0.384 e. The Balaban J connectivity index is 2.10. The summed E-state index contributed by atoms with van der Waals surface area (Å²) in [7, 11) is 0. The van der Waals surface area contributed by atoms with Crippen LogP contribution in [0, 0.1) is 11.3 Å². The lowest BCUT2D eigenvalue weighted by atomic mass is 9.99. The van der Waals surface area contributed by atoms with Gasteiger partial charge in [-0.15, -0.1) is 0 Å². The molecule has 0 aliphatic rings. The molecular weight excluding hydrogens is 248 g/mol. The highest BCUT2D eigenvalue weighted by Crippen LogP contribution is 2.23.